The minimum atomic E-state index is -2.04. The van der Waals surface area contributed by atoms with E-state index < -0.39 is 93.0 Å². The first kappa shape index (κ1) is 34.1. The Kier molecular flexibility index (Phi) is 7.51. The monoisotopic (exact) mass is 660 g/mol. The number of carbonyl (C=O) groups is 4. The molecular formula is C35H48O12. The van der Waals surface area contributed by atoms with Gasteiger partial charge in [-0.2, -0.15) is 0 Å². The third-order valence-electron chi connectivity index (χ3n) is 12.6. The molecule has 260 valence electrons. The number of ketones is 1. The van der Waals surface area contributed by atoms with E-state index in [1.165, 1.54) is 19.6 Å². The van der Waals surface area contributed by atoms with Gasteiger partial charge in [-0.1, -0.05) is 48.5 Å². The van der Waals surface area contributed by atoms with E-state index in [1.807, 2.05) is 20.8 Å². The lowest BCUT2D eigenvalue weighted by atomic mass is 9.47. The average Bonchev–Trinajstić information content (AvgIpc) is 3.65. The number of rotatable bonds is 8. The van der Waals surface area contributed by atoms with Gasteiger partial charge in [-0.15, -0.1) is 0 Å². The van der Waals surface area contributed by atoms with Crippen molar-refractivity contribution in [2.45, 2.75) is 129 Å². The van der Waals surface area contributed by atoms with E-state index in [1.54, 1.807) is 47.6 Å². The number of carbonyl (C=O) groups excluding carboxylic acids is 4. The zero-order valence-corrected chi connectivity index (χ0v) is 29.0. The molecule has 5 fully saturated rings. The molecule has 1 spiro atoms. The van der Waals surface area contributed by atoms with Crippen molar-refractivity contribution >= 4 is 23.7 Å². The van der Waals surface area contributed by atoms with E-state index in [-0.39, 0.29) is 31.5 Å². The van der Waals surface area contributed by atoms with Gasteiger partial charge in [0.05, 0.1) is 31.3 Å². The molecular weight excluding hydrogens is 612 g/mol. The second-order valence-corrected chi connectivity index (χ2v) is 15.8. The van der Waals surface area contributed by atoms with Gasteiger partial charge in [-0.05, 0) is 37.7 Å². The largest absolute Gasteiger partial charge is 0.472 e. The lowest BCUT2D eigenvalue weighted by Gasteiger charge is -2.64. The highest BCUT2D eigenvalue weighted by Gasteiger charge is 2.91. The SMILES string of the molecule is CCC12OC3(C)OC4(C)CC(C)(C(CC(=O)OC)C1C)C(O)C4(OC(=O)C(C)C)C1OC(=O)CC(C(C)(C)C(=O)c4ccoc4)C12O3. The molecule has 0 radical (unpaired) electrons. The number of aliphatic hydroxyl groups excluding tert-OH is 1. The molecule has 5 aliphatic rings. The molecule has 4 heterocycles. The maximum Gasteiger partial charge on any atom is 0.309 e. The molecule has 12 heteroatoms. The zero-order valence-electron chi connectivity index (χ0n) is 29.0. The summed E-state index contributed by atoms with van der Waals surface area (Å²) >= 11 is 0. The fraction of sp³-hybridized carbons (Fsp3) is 0.771. The highest BCUT2D eigenvalue weighted by atomic mass is 16.9. The first-order chi connectivity index (χ1) is 21.7. The fourth-order valence-corrected chi connectivity index (χ4v) is 10.6. The minimum Gasteiger partial charge on any atom is -0.472 e. The van der Waals surface area contributed by atoms with Gasteiger partial charge < -0.3 is 37.9 Å². The number of aliphatic hydroxyl groups is 1. The van der Waals surface area contributed by atoms with Crippen LogP contribution in [-0.4, -0.2) is 76.5 Å². The van der Waals surface area contributed by atoms with Crippen LogP contribution in [0.15, 0.2) is 23.0 Å². The van der Waals surface area contributed by atoms with Gasteiger partial charge in [-0.25, -0.2) is 0 Å². The molecule has 11 unspecified atom stereocenters. The first-order valence-electron chi connectivity index (χ1n) is 16.6. The average molecular weight is 661 g/mol. The molecule has 0 aromatic carbocycles. The van der Waals surface area contributed by atoms with Crippen molar-refractivity contribution in [3.8, 4) is 0 Å². The number of Topliss-reactive ketones (excluding diaryl/α,β-unsaturated/α-hetero) is 1. The maximum absolute atomic E-state index is 14.4. The van der Waals surface area contributed by atoms with Crippen LogP contribution in [0.1, 0.15) is 98.4 Å². The molecule has 2 saturated carbocycles. The molecule has 12 nitrogen and oxygen atoms in total. The van der Waals surface area contributed by atoms with Crippen LogP contribution >= 0.6 is 0 Å². The Hall–Kier alpha value is -2.80. The van der Waals surface area contributed by atoms with Gasteiger partial charge >= 0.3 is 17.9 Å². The van der Waals surface area contributed by atoms with E-state index in [0.717, 1.165) is 0 Å². The van der Waals surface area contributed by atoms with Gasteiger partial charge in [0.15, 0.2) is 11.9 Å². The Balaban J connectivity index is 1.74. The summed E-state index contributed by atoms with van der Waals surface area (Å²) in [5, 5.41) is 12.9. The van der Waals surface area contributed by atoms with E-state index in [9.17, 15) is 24.3 Å². The zero-order chi connectivity index (χ0) is 34.8. The fourth-order valence-electron chi connectivity index (χ4n) is 10.6. The topological polar surface area (TPSA) is 157 Å². The maximum atomic E-state index is 14.4. The molecule has 6 rings (SSSR count). The predicted molar refractivity (Wildman–Crippen MR) is 162 cm³/mol. The summed E-state index contributed by atoms with van der Waals surface area (Å²) in [5.41, 5.74) is -8.90. The van der Waals surface area contributed by atoms with Gasteiger partial charge in [0, 0.05) is 30.1 Å². The molecule has 4 bridgehead atoms. The Morgan fingerprint density at radius 1 is 1.13 bits per heavy atom. The van der Waals surface area contributed by atoms with Crippen molar-refractivity contribution in [3.63, 3.8) is 0 Å². The van der Waals surface area contributed by atoms with Crippen molar-refractivity contribution in [3.05, 3.63) is 24.2 Å². The lowest BCUT2D eigenvalue weighted by Crippen LogP contribution is -2.82. The van der Waals surface area contributed by atoms with Gasteiger partial charge in [0.1, 0.15) is 29.2 Å². The van der Waals surface area contributed by atoms with Crippen molar-refractivity contribution in [1.82, 2.24) is 0 Å². The van der Waals surface area contributed by atoms with Crippen LogP contribution in [0.25, 0.3) is 0 Å². The van der Waals surface area contributed by atoms with E-state index >= 15 is 0 Å². The molecule has 1 aromatic rings. The van der Waals surface area contributed by atoms with Crippen molar-refractivity contribution in [1.29, 1.82) is 0 Å². The van der Waals surface area contributed by atoms with Crippen LogP contribution in [0.5, 0.6) is 0 Å². The van der Waals surface area contributed by atoms with Crippen LogP contribution < -0.4 is 0 Å². The second-order valence-electron chi connectivity index (χ2n) is 15.8. The summed E-state index contributed by atoms with van der Waals surface area (Å²) in [6.45, 7) is 15.9. The summed E-state index contributed by atoms with van der Waals surface area (Å²) in [5.74, 6) is -6.67. The summed E-state index contributed by atoms with van der Waals surface area (Å²) < 4.78 is 44.4. The third-order valence-corrected chi connectivity index (χ3v) is 12.6. The Bertz CT molecular complexity index is 1480. The number of fused-ring (bicyclic) bond motifs is 2. The van der Waals surface area contributed by atoms with Gasteiger partial charge in [-0.3, -0.25) is 19.2 Å². The smallest absolute Gasteiger partial charge is 0.309 e. The number of esters is 3. The summed E-state index contributed by atoms with van der Waals surface area (Å²) in [6, 6.07) is 1.56. The standard InChI is InChI=1S/C35H48O12/c1-11-33-19(4)21(14-23(36)41-10)30(7)17-31(8)35(27(30)40,44-26(39)18(2)3)28-34(33,47-32(9,45-31)46-33)22(15-24(37)43-28)29(5,6)25(38)20-12-13-42-16-20/h12-13,16,18-19,21-22,27-28,40H,11,14-15,17H2,1-10H3. The van der Waals surface area contributed by atoms with E-state index in [4.69, 9.17) is 32.8 Å². The van der Waals surface area contributed by atoms with Crippen LogP contribution in [0.3, 0.4) is 0 Å². The van der Waals surface area contributed by atoms with E-state index in [0.29, 0.717) is 5.56 Å². The lowest BCUT2D eigenvalue weighted by molar-refractivity contribution is -0.388. The van der Waals surface area contributed by atoms with Crippen LogP contribution in [0.4, 0.5) is 0 Å². The second kappa shape index (κ2) is 10.4. The Labute approximate surface area is 275 Å². The van der Waals surface area contributed by atoms with Gasteiger partial charge in [0.2, 0.25) is 5.60 Å². The molecule has 11 atom stereocenters. The third kappa shape index (κ3) is 4.07. The molecule has 3 aliphatic heterocycles. The Morgan fingerprint density at radius 2 is 1.81 bits per heavy atom. The highest BCUT2D eigenvalue weighted by molar-refractivity contribution is 6.00. The molecule has 3 saturated heterocycles. The van der Waals surface area contributed by atoms with Crippen molar-refractivity contribution < 1.29 is 57.1 Å². The number of hydrogen-bond donors (Lipinski definition) is 1. The predicted octanol–water partition coefficient (Wildman–Crippen LogP) is 4.36. The van der Waals surface area contributed by atoms with Crippen molar-refractivity contribution in [2.24, 2.45) is 34.5 Å². The minimum absolute atomic E-state index is 0.0901. The molecule has 1 aromatic heterocycles. The molecule has 2 aliphatic carbocycles. The highest BCUT2D eigenvalue weighted by Crippen LogP contribution is 2.75. The first-order valence-corrected chi connectivity index (χ1v) is 16.6. The number of ether oxygens (including phenoxy) is 6. The van der Waals surface area contributed by atoms with Crippen LogP contribution in [0.2, 0.25) is 0 Å². The molecule has 47 heavy (non-hydrogen) atoms. The number of furan rings is 1. The normalized spacial score (nSPS) is 45.2. The quantitative estimate of drug-likeness (QED) is 0.239. The number of methoxy groups -OCH3 is 1. The molecule has 0 amide bonds. The molecule has 1 N–H and O–H groups in total. The van der Waals surface area contributed by atoms with Crippen LogP contribution in [-0.2, 0) is 42.8 Å². The Morgan fingerprint density at radius 3 is 2.38 bits per heavy atom. The number of hydrogen-bond acceptors (Lipinski definition) is 12. The van der Waals surface area contributed by atoms with E-state index in [2.05, 4.69) is 0 Å². The van der Waals surface area contributed by atoms with Crippen LogP contribution in [0, 0.1) is 34.5 Å². The summed E-state index contributed by atoms with van der Waals surface area (Å²) in [7, 11) is 1.31. The van der Waals surface area contributed by atoms with Gasteiger partial charge in [0.25, 0.3) is 5.97 Å². The summed E-state index contributed by atoms with van der Waals surface area (Å²) in [4.78, 5) is 55.3. The van der Waals surface area contributed by atoms with Crippen molar-refractivity contribution in [2.75, 3.05) is 7.11 Å². The summed E-state index contributed by atoms with van der Waals surface area (Å²) in [6.07, 6.45) is -0.223.